The van der Waals surface area contributed by atoms with E-state index in [9.17, 15) is 9.59 Å². The number of benzene rings is 1. The molecule has 132 valence electrons. The molecule has 2 amide bonds. The van der Waals surface area contributed by atoms with Crippen molar-refractivity contribution in [2.24, 2.45) is 0 Å². The molecule has 6 heteroatoms. The number of carbonyl (C=O) groups excluding carboxylic acids is 1. The second-order valence-corrected chi connectivity index (χ2v) is 6.39. The Morgan fingerprint density at radius 1 is 1.25 bits per heavy atom. The number of nitrogens with zero attached hydrogens (tertiary/aromatic N) is 2. The van der Waals surface area contributed by atoms with Gasteiger partial charge in [-0.05, 0) is 31.4 Å². The molecule has 2 N–H and O–H groups in total. The Hall–Kier alpha value is -2.08. The first kappa shape index (κ1) is 18.3. The number of carboxylic acids is 1. The Morgan fingerprint density at radius 3 is 2.50 bits per heavy atom. The summed E-state index contributed by atoms with van der Waals surface area (Å²) in [6.45, 7) is 3.42. The molecule has 1 fully saturated rings. The number of carboxylic acid groups (broad SMARTS) is 1. The van der Waals surface area contributed by atoms with Crippen molar-refractivity contribution < 1.29 is 14.7 Å². The van der Waals surface area contributed by atoms with Gasteiger partial charge in [0.1, 0.15) is 0 Å². The number of hydrogen-bond acceptors (Lipinski definition) is 3. The highest BCUT2D eigenvalue weighted by Crippen LogP contribution is 2.25. The van der Waals surface area contributed by atoms with E-state index in [0.717, 1.165) is 19.3 Å². The van der Waals surface area contributed by atoms with Crippen LogP contribution in [-0.2, 0) is 11.2 Å². The van der Waals surface area contributed by atoms with Crippen molar-refractivity contribution in [3.63, 3.8) is 0 Å². The Bertz CT molecular complexity index is 544. The van der Waals surface area contributed by atoms with Gasteiger partial charge in [0.05, 0.1) is 6.54 Å². The van der Waals surface area contributed by atoms with Gasteiger partial charge >= 0.3 is 12.0 Å². The van der Waals surface area contributed by atoms with Gasteiger partial charge in [0.2, 0.25) is 0 Å². The van der Waals surface area contributed by atoms with Crippen LogP contribution in [-0.4, -0.2) is 65.7 Å². The Morgan fingerprint density at radius 2 is 1.92 bits per heavy atom. The Kier molecular flexibility index (Phi) is 6.61. The van der Waals surface area contributed by atoms with Crippen LogP contribution in [0.2, 0.25) is 0 Å². The highest BCUT2D eigenvalue weighted by Gasteiger charge is 2.35. The third-order valence-electron chi connectivity index (χ3n) is 4.63. The van der Waals surface area contributed by atoms with Gasteiger partial charge in [-0.1, -0.05) is 37.3 Å². The summed E-state index contributed by atoms with van der Waals surface area (Å²) in [4.78, 5) is 26.7. The number of amides is 2. The van der Waals surface area contributed by atoms with Crippen molar-refractivity contribution in [3.05, 3.63) is 35.9 Å². The third kappa shape index (κ3) is 5.23. The predicted molar refractivity (Wildman–Crippen MR) is 93.0 cm³/mol. The smallest absolute Gasteiger partial charge is 0.317 e. The molecular weight excluding hydrogens is 306 g/mol. The fourth-order valence-electron chi connectivity index (χ4n) is 3.00. The van der Waals surface area contributed by atoms with Gasteiger partial charge in [-0.3, -0.25) is 9.69 Å². The van der Waals surface area contributed by atoms with Gasteiger partial charge in [-0.2, -0.15) is 0 Å². The maximum Gasteiger partial charge on any atom is 0.317 e. The molecule has 0 atom stereocenters. The summed E-state index contributed by atoms with van der Waals surface area (Å²) >= 11 is 0. The average Bonchev–Trinajstić information content (AvgIpc) is 2.54. The Balaban J connectivity index is 1.69. The van der Waals surface area contributed by atoms with Crippen molar-refractivity contribution in [1.29, 1.82) is 0 Å². The summed E-state index contributed by atoms with van der Waals surface area (Å²) in [6, 6.07) is 10.4. The first-order valence-electron chi connectivity index (χ1n) is 8.51. The standard InChI is InChI=1S/C18H27N3O3/c1-3-21(13-17(22)23)16-11-15(12-16)19-18(24)20(2)10-9-14-7-5-4-6-8-14/h4-8,15-16H,3,9-13H2,1-2H3,(H,19,24)(H,22,23). The van der Waals surface area contributed by atoms with Crippen LogP contribution in [0.15, 0.2) is 30.3 Å². The first-order valence-corrected chi connectivity index (χ1v) is 8.51. The van der Waals surface area contributed by atoms with E-state index in [2.05, 4.69) is 17.4 Å². The number of rotatable bonds is 8. The van der Waals surface area contributed by atoms with E-state index in [0.29, 0.717) is 13.1 Å². The fourth-order valence-corrected chi connectivity index (χ4v) is 3.00. The summed E-state index contributed by atoms with van der Waals surface area (Å²) in [5, 5.41) is 11.9. The minimum Gasteiger partial charge on any atom is -0.480 e. The number of likely N-dealkylation sites (N-methyl/N-ethyl adjacent to an activating group) is 2. The predicted octanol–water partition coefficient (Wildman–Crippen LogP) is 1.81. The quantitative estimate of drug-likeness (QED) is 0.761. The molecule has 6 nitrogen and oxygen atoms in total. The molecule has 1 aromatic carbocycles. The number of aliphatic carboxylic acids is 1. The third-order valence-corrected chi connectivity index (χ3v) is 4.63. The van der Waals surface area contributed by atoms with E-state index in [4.69, 9.17) is 5.11 Å². The molecule has 1 aliphatic carbocycles. The van der Waals surface area contributed by atoms with Crippen molar-refractivity contribution >= 4 is 12.0 Å². The highest BCUT2D eigenvalue weighted by atomic mass is 16.4. The van der Waals surface area contributed by atoms with Crippen LogP contribution in [0.25, 0.3) is 0 Å². The van der Waals surface area contributed by atoms with Crippen molar-refractivity contribution in [3.8, 4) is 0 Å². The minimum atomic E-state index is -0.801. The van der Waals surface area contributed by atoms with Gasteiger partial charge in [-0.25, -0.2) is 4.79 Å². The molecule has 24 heavy (non-hydrogen) atoms. The molecule has 0 radical (unpaired) electrons. The van der Waals surface area contributed by atoms with E-state index in [1.54, 1.807) is 11.9 Å². The molecule has 0 saturated heterocycles. The van der Waals surface area contributed by atoms with Crippen LogP contribution in [0.5, 0.6) is 0 Å². The normalized spacial score (nSPS) is 19.6. The average molecular weight is 333 g/mol. The van der Waals surface area contributed by atoms with E-state index >= 15 is 0 Å². The van der Waals surface area contributed by atoms with Crippen LogP contribution in [0.1, 0.15) is 25.3 Å². The van der Waals surface area contributed by atoms with Gasteiger partial charge in [0.25, 0.3) is 0 Å². The van der Waals surface area contributed by atoms with Gasteiger partial charge < -0.3 is 15.3 Å². The summed E-state index contributed by atoms with van der Waals surface area (Å²) in [5.74, 6) is -0.801. The Labute approximate surface area is 143 Å². The maximum atomic E-state index is 12.2. The number of urea groups is 1. The lowest BCUT2D eigenvalue weighted by Gasteiger charge is -2.42. The molecule has 0 heterocycles. The zero-order valence-electron chi connectivity index (χ0n) is 14.4. The molecule has 1 aromatic rings. The molecular formula is C18H27N3O3. The van der Waals surface area contributed by atoms with E-state index < -0.39 is 5.97 Å². The molecule has 2 rings (SSSR count). The minimum absolute atomic E-state index is 0.0596. The SMILES string of the molecule is CCN(CC(=O)O)C1CC(NC(=O)N(C)CCc2ccccc2)C1. The molecule has 0 unspecified atom stereocenters. The van der Waals surface area contributed by atoms with Crippen LogP contribution in [0.4, 0.5) is 4.79 Å². The second kappa shape index (κ2) is 8.68. The molecule has 1 aliphatic rings. The zero-order chi connectivity index (χ0) is 17.5. The molecule has 0 bridgehead atoms. The van der Waals surface area contributed by atoms with Crippen LogP contribution < -0.4 is 5.32 Å². The molecule has 0 aromatic heterocycles. The lowest BCUT2D eigenvalue weighted by Crippen LogP contribution is -2.56. The number of carbonyl (C=O) groups is 2. The van der Waals surface area contributed by atoms with E-state index in [1.165, 1.54) is 5.56 Å². The second-order valence-electron chi connectivity index (χ2n) is 6.39. The first-order chi connectivity index (χ1) is 11.5. The summed E-state index contributed by atoms with van der Waals surface area (Å²) in [6.07, 6.45) is 2.47. The van der Waals surface area contributed by atoms with Crippen molar-refractivity contribution in [2.45, 2.75) is 38.3 Å². The molecule has 0 spiro atoms. The number of nitrogens with one attached hydrogen (secondary N) is 1. The molecule has 1 saturated carbocycles. The van der Waals surface area contributed by atoms with Crippen LogP contribution in [0.3, 0.4) is 0 Å². The topological polar surface area (TPSA) is 72.9 Å². The van der Waals surface area contributed by atoms with E-state index in [1.807, 2.05) is 30.0 Å². The lowest BCUT2D eigenvalue weighted by molar-refractivity contribution is -0.139. The maximum absolute atomic E-state index is 12.2. The van der Waals surface area contributed by atoms with E-state index in [-0.39, 0.29) is 24.7 Å². The zero-order valence-corrected chi connectivity index (χ0v) is 14.4. The summed E-state index contributed by atoms with van der Waals surface area (Å²) in [7, 11) is 1.80. The van der Waals surface area contributed by atoms with Gasteiger partial charge in [0, 0.05) is 25.7 Å². The van der Waals surface area contributed by atoms with Gasteiger partial charge in [-0.15, -0.1) is 0 Å². The fraction of sp³-hybridized carbons (Fsp3) is 0.556. The lowest BCUT2D eigenvalue weighted by atomic mass is 9.85. The largest absolute Gasteiger partial charge is 0.480 e. The highest BCUT2D eigenvalue weighted by molar-refractivity contribution is 5.74. The summed E-state index contributed by atoms with van der Waals surface area (Å²) in [5.41, 5.74) is 1.22. The monoisotopic (exact) mass is 333 g/mol. The van der Waals surface area contributed by atoms with Crippen LogP contribution in [0, 0.1) is 0 Å². The van der Waals surface area contributed by atoms with Crippen molar-refractivity contribution in [2.75, 3.05) is 26.7 Å². The summed E-state index contributed by atoms with van der Waals surface area (Å²) < 4.78 is 0. The molecule has 0 aliphatic heterocycles. The van der Waals surface area contributed by atoms with Gasteiger partial charge in [0.15, 0.2) is 0 Å². The van der Waals surface area contributed by atoms with Crippen LogP contribution >= 0.6 is 0 Å². The van der Waals surface area contributed by atoms with Crippen molar-refractivity contribution in [1.82, 2.24) is 15.1 Å². The number of hydrogen-bond donors (Lipinski definition) is 2.